The monoisotopic (exact) mass is 341 g/mol. The summed E-state index contributed by atoms with van der Waals surface area (Å²) in [6, 6.07) is 0.427. The van der Waals surface area contributed by atoms with Crippen molar-refractivity contribution < 1.29 is 19.1 Å². The highest BCUT2D eigenvalue weighted by molar-refractivity contribution is 5.80. The van der Waals surface area contributed by atoms with E-state index in [-0.39, 0.29) is 11.8 Å². The molecule has 0 unspecified atom stereocenters. The fourth-order valence-electron chi connectivity index (χ4n) is 2.74. The molecular formula is C17H31N3O4. The van der Waals surface area contributed by atoms with Gasteiger partial charge in [0.1, 0.15) is 6.10 Å². The van der Waals surface area contributed by atoms with Crippen LogP contribution in [0.25, 0.3) is 0 Å². The molecule has 0 aromatic rings. The van der Waals surface area contributed by atoms with Crippen molar-refractivity contribution >= 4 is 11.8 Å². The molecule has 0 bridgehead atoms. The first kappa shape index (κ1) is 19.1. The summed E-state index contributed by atoms with van der Waals surface area (Å²) in [5, 5.41) is 3.01. The third-order valence-corrected chi connectivity index (χ3v) is 4.43. The van der Waals surface area contributed by atoms with Gasteiger partial charge in [0.05, 0.1) is 13.2 Å². The van der Waals surface area contributed by atoms with Gasteiger partial charge < -0.3 is 19.7 Å². The van der Waals surface area contributed by atoms with Crippen LogP contribution in [0.1, 0.15) is 33.1 Å². The van der Waals surface area contributed by atoms with E-state index in [1.165, 1.54) is 0 Å². The van der Waals surface area contributed by atoms with Gasteiger partial charge in [-0.2, -0.15) is 0 Å². The van der Waals surface area contributed by atoms with E-state index in [1.807, 2.05) is 11.8 Å². The van der Waals surface area contributed by atoms with Gasteiger partial charge in [0, 0.05) is 51.8 Å². The topological polar surface area (TPSA) is 71.1 Å². The number of hydrogen-bond acceptors (Lipinski definition) is 5. The number of carbonyl (C=O) groups is 2. The van der Waals surface area contributed by atoms with E-state index in [4.69, 9.17) is 9.47 Å². The lowest BCUT2D eigenvalue weighted by Gasteiger charge is -2.35. The SMILES string of the molecule is CCOCCO[C@@H](C)C(=O)N1CCN(CCC(=O)NC2CC2)CC1. The average molecular weight is 341 g/mol. The molecule has 0 spiro atoms. The molecule has 0 aromatic carbocycles. The van der Waals surface area contributed by atoms with Gasteiger partial charge in [-0.15, -0.1) is 0 Å². The second kappa shape index (κ2) is 9.96. The van der Waals surface area contributed by atoms with Gasteiger partial charge in [0.2, 0.25) is 5.91 Å². The van der Waals surface area contributed by atoms with E-state index in [2.05, 4.69) is 10.2 Å². The number of nitrogens with one attached hydrogen (secondary N) is 1. The molecule has 0 aromatic heterocycles. The second-order valence-corrected chi connectivity index (χ2v) is 6.47. The Kier molecular flexibility index (Phi) is 7.94. The lowest BCUT2D eigenvalue weighted by molar-refractivity contribution is -0.145. The van der Waals surface area contributed by atoms with Crippen LogP contribution in [-0.4, -0.2) is 86.3 Å². The minimum absolute atomic E-state index is 0.0395. The predicted octanol–water partition coefficient (Wildman–Crippen LogP) is 0.241. The number of piperazine rings is 1. The molecule has 2 rings (SSSR count). The molecule has 138 valence electrons. The number of hydrogen-bond donors (Lipinski definition) is 1. The lowest BCUT2D eigenvalue weighted by atomic mass is 10.2. The number of amides is 2. The van der Waals surface area contributed by atoms with Gasteiger partial charge in [-0.1, -0.05) is 0 Å². The van der Waals surface area contributed by atoms with Crippen LogP contribution in [0, 0.1) is 0 Å². The van der Waals surface area contributed by atoms with Crippen LogP contribution in [-0.2, 0) is 19.1 Å². The van der Waals surface area contributed by atoms with Crippen LogP contribution < -0.4 is 5.32 Å². The molecule has 7 nitrogen and oxygen atoms in total. The van der Waals surface area contributed by atoms with Gasteiger partial charge in [0.15, 0.2) is 0 Å². The van der Waals surface area contributed by atoms with Crippen molar-refractivity contribution in [3.05, 3.63) is 0 Å². The molecule has 1 saturated heterocycles. The van der Waals surface area contributed by atoms with Crippen LogP contribution in [0.3, 0.4) is 0 Å². The normalized spacial score (nSPS) is 20.0. The van der Waals surface area contributed by atoms with Gasteiger partial charge in [-0.25, -0.2) is 0 Å². The third-order valence-electron chi connectivity index (χ3n) is 4.43. The van der Waals surface area contributed by atoms with E-state index in [0.29, 0.717) is 45.4 Å². The summed E-state index contributed by atoms with van der Waals surface area (Å²) in [7, 11) is 0. The third kappa shape index (κ3) is 6.75. The van der Waals surface area contributed by atoms with E-state index in [9.17, 15) is 9.59 Å². The zero-order valence-electron chi connectivity index (χ0n) is 15.0. The Balaban J connectivity index is 1.58. The summed E-state index contributed by atoms with van der Waals surface area (Å²) in [5.41, 5.74) is 0. The Morgan fingerprint density at radius 2 is 1.88 bits per heavy atom. The average Bonchev–Trinajstić information content (AvgIpc) is 3.40. The number of nitrogens with zero attached hydrogens (tertiary/aromatic N) is 2. The molecule has 1 heterocycles. The van der Waals surface area contributed by atoms with Crippen LogP contribution in [0.15, 0.2) is 0 Å². The first-order valence-corrected chi connectivity index (χ1v) is 9.10. The summed E-state index contributed by atoms with van der Waals surface area (Å²) in [6.07, 6.45) is 2.36. The Labute approximate surface area is 144 Å². The minimum atomic E-state index is -0.429. The van der Waals surface area contributed by atoms with Crippen molar-refractivity contribution in [3.8, 4) is 0 Å². The Morgan fingerprint density at radius 3 is 2.50 bits per heavy atom. The van der Waals surface area contributed by atoms with Crippen LogP contribution in [0.4, 0.5) is 0 Å². The molecule has 1 atom stereocenters. The molecule has 1 aliphatic heterocycles. The first-order chi connectivity index (χ1) is 11.6. The van der Waals surface area contributed by atoms with E-state index >= 15 is 0 Å². The largest absolute Gasteiger partial charge is 0.379 e. The van der Waals surface area contributed by atoms with Gasteiger partial charge in [-0.3, -0.25) is 14.5 Å². The molecule has 2 aliphatic rings. The molecule has 1 aliphatic carbocycles. The number of rotatable bonds is 10. The Morgan fingerprint density at radius 1 is 1.17 bits per heavy atom. The first-order valence-electron chi connectivity index (χ1n) is 9.10. The standard InChI is InChI=1S/C17H31N3O4/c1-3-23-12-13-24-14(2)17(22)20-10-8-19(9-11-20)7-6-16(21)18-15-4-5-15/h14-15H,3-13H2,1-2H3,(H,18,21)/t14-/m0/s1. The van der Waals surface area contributed by atoms with Crippen molar-refractivity contribution in [2.24, 2.45) is 0 Å². The second-order valence-electron chi connectivity index (χ2n) is 6.47. The highest BCUT2D eigenvalue weighted by atomic mass is 16.5. The maximum atomic E-state index is 12.3. The maximum absolute atomic E-state index is 12.3. The van der Waals surface area contributed by atoms with Gasteiger partial charge in [0.25, 0.3) is 5.91 Å². The summed E-state index contributed by atoms with van der Waals surface area (Å²) in [5.74, 6) is 0.185. The zero-order chi connectivity index (χ0) is 17.4. The molecule has 7 heteroatoms. The van der Waals surface area contributed by atoms with E-state index in [1.54, 1.807) is 6.92 Å². The zero-order valence-corrected chi connectivity index (χ0v) is 15.0. The molecule has 24 heavy (non-hydrogen) atoms. The summed E-state index contributed by atoms with van der Waals surface area (Å²) in [4.78, 5) is 28.2. The van der Waals surface area contributed by atoms with Crippen LogP contribution >= 0.6 is 0 Å². The summed E-state index contributed by atoms with van der Waals surface area (Å²) >= 11 is 0. The fraction of sp³-hybridized carbons (Fsp3) is 0.882. The molecule has 2 fully saturated rings. The summed E-state index contributed by atoms with van der Waals surface area (Å²) < 4.78 is 10.7. The van der Waals surface area contributed by atoms with Crippen molar-refractivity contribution in [1.29, 1.82) is 0 Å². The maximum Gasteiger partial charge on any atom is 0.251 e. The van der Waals surface area contributed by atoms with Crippen molar-refractivity contribution in [3.63, 3.8) is 0 Å². The Bertz CT molecular complexity index is 407. The van der Waals surface area contributed by atoms with E-state index < -0.39 is 6.10 Å². The predicted molar refractivity (Wildman–Crippen MR) is 90.7 cm³/mol. The minimum Gasteiger partial charge on any atom is -0.379 e. The molecule has 1 saturated carbocycles. The summed E-state index contributed by atoms with van der Waals surface area (Å²) in [6.45, 7) is 9.13. The molecular weight excluding hydrogens is 310 g/mol. The molecule has 1 N–H and O–H groups in total. The molecule has 2 amide bonds. The van der Waals surface area contributed by atoms with Crippen LogP contribution in [0.5, 0.6) is 0 Å². The quantitative estimate of drug-likeness (QED) is 0.577. The highest BCUT2D eigenvalue weighted by Crippen LogP contribution is 2.18. The number of carbonyl (C=O) groups excluding carboxylic acids is 2. The lowest BCUT2D eigenvalue weighted by Crippen LogP contribution is -2.51. The van der Waals surface area contributed by atoms with Gasteiger partial charge in [-0.05, 0) is 26.7 Å². The van der Waals surface area contributed by atoms with Crippen molar-refractivity contribution in [1.82, 2.24) is 15.1 Å². The number of ether oxygens (including phenoxy) is 2. The van der Waals surface area contributed by atoms with E-state index in [0.717, 1.165) is 32.5 Å². The fourth-order valence-corrected chi connectivity index (χ4v) is 2.74. The smallest absolute Gasteiger partial charge is 0.251 e. The molecule has 0 radical (unpaired) electrons. The Hall–Kier alpha value is -1.18. The van der Waals surface area contributed by atoms with Gasteiger partial charge >= 0.3 is 0 Å². The van der Waals surface area contributed by atoms with Crippen molar-refractivity contribution in [2.45, 2.75) is 45.3 Å². The van der Waals surface area contributed by atoms with Crippen molar-refractivity contribution in [2.75, 3.05) is 52.5 Å². The highest BCUT2D eigenvalue weighted by Gasteiger charge is 2.26. The van der Waals surface area contributed by atoms with Crippen LogP contribution in [0.2, 0.25) is 0 Å².